The van der Waals surface area contributed by atoms with Crippen LogP contribution in [0, 0.1) is 19.7 Å². The van der Waals surface area contributed by atoms with E-state index in [9.17, 15) is 9.18 Å². The van der Waals surface area contributed by atoms with Crippen molar-refractivity contribution in [3.63, 3.8) is 0 Å². The van der Waals surface area contributed by atoms with Crippen LogP contribution in [0.3, 0.4) is 0 Å². The summed E-state index contributed by atoms with van der Waals surface area (Å²) in [5.41, 5.74) is 3.65. The third-order valence-electron chi connectivity index (χ3n) is 4.26. The van der Waals surface area contributed by atoms with Crippen molar-refractivity contribution in [3.05, 3.63) is 46.5 Å². The minimum absolute atomic E-state index is 0.240. The van der Waals surface area contributed by atoms with E-state index in [0.29, 0.717) is 18.5 Å². The Hall–Kier alpha value is -2.21. The molecule has 0 bridgehead atoms. The maximum atomic E-state index is 14.6. The summed E-state index contributed by atoms with van der Waals surface area (Å²) in [5.74, 6) is -0.595. The highest BCUT2D eigenvalue weighted by atomic mass is 19.1. The molecule has 0 saturated heterocycles. The molecule has 1 aromatic heterocycles. The normalized spacial score (nSPS) is 15.1. The number of nitrogens with one attached hydrogen (secondary N) is 2. The third kappa shape index (κ3) is 2.99. The number of amides is 1. The fourth-order valence-corrected chi connectivity index (χ4v) is 3.02. The molecule has 1 amide bonds. The number of rotatable bonds is 3. The number of aryl methyl sites for hydroxylation is 2. The molecule has 5 nitrogen and oxygen atoms in total. The Morgan fingerprint density at radius 1 is 1.43 bits per heavy atom. The highest BCUT2D eigenvalue weighted by Crippen LogP contribution is 2.25. The lowest BCUT2D eigenvalue weighted by Crippen LogP contribution is -2.27. The van der Waals surface area contributed by atoms with Gasteiger partial charge in [-0.25, -0.2) is 4.39 Å². The van der Waals surface area contributed by atoms with Gasteiger partial charge in [-0.2, -0.15) is 5.10 Å². The smallest absolute Gasteiger partial charge is 0.249 e. The molecular weight excluding hydrogens is 295 g/mol. The summed E-state index contributed by atoms with van der Waals surface area (Å²) in [7, 11) is 0. The highest BCUT2D eigenvalue weighted by molar-refractivity contribution is 5.93. The second-order valence-corrected chi connectivity index (χ2v) is 6.03. The number of fused-ring (bicyclic) bond motifs is 1. The first-order valence-electron chi connectivity index (χ1n) is 7.82. The SMILES string of the molecule is Cc1cc(C)n(C(C)C(=O)Nc2ccc3c(c2F)CCNC3)n1. The van der Waals surface area contributed by atoms with Crippen LogP contribution >= 0.6 is 0 Å². The first-order valence-corrected chi connectivity index (χ1v) is 7.82. The van der Waals surface area contributed by atoms with Gasteiger partial charge >= 0.3 is 0 Å². The number of carbonyl (C=O) groups excluding carboxylic acids is 1. The van der Waals surface area contributed by atoms with Crippen molar-refractivity contribution in [3.8, 4) is 0 Å². The lowest BCUT2D eigenvalue weighted by atomic mass is 9.99. The number of halogens is 1. The van der Waals surface area contributed by atoms with E-state index >= 15 is 0 Å². The minimum atomic E-state index is -0.499. The molecule has 0 fully saturated rings. The van der Waals surface area contributed by atoms with Crippen molar-refractivity contribution in [2.24, 2.45) is 0 Å². The van der Waals surface area contributed by atoms with E-state index in [1.54, 1.807) is 17.7 Å². The van der Waals surface area contributed by atoms with E-state index in [-0.39, 0.29) is 17.4 Å². The number of benzene rings is 1. The monoisotopic (exact) mass is 316 g/mol. The molecule has 0 aliphatic carbocycles. The van der Waals surface area contributed by atoms with Gasteiger partial charge in [0.1, 0.15) is 11.9 Å². The van der Waals surface area contributed by atoms with Crippen LogP contribution in [0.25, 0.3) is 0 Å². The number of aromatic nitrogens is 2. The molecule has 1 aliphatic rings. The van der Waals surface area contributed by atoms with Crippen molar-refractivity contribution in [1.29, 1.82) is 0 Å². The van der Waals surface area contributed by atoms with Crippen molar-refractivity contribution < 1.29 is 9.18 Å². The molecule has 1 aromatic carbocycles. The van der Waals surface area contributed by atoms with E-state index < -0.39 is 6.04 Å². The first kappa shape index (κ1) is 15.7. The quantitative estimate of drug-likeness (QED) is 0.914. The van der Waals surface area contributed by atoms with Gasteiger partial charge in [0.2, 0.25) is 5.91 Å². The topological polar surface area (TPSA) is 59.0 Å². The summed E-state index contributed by atoms with van der Waals surface area (Å²) in [6.45, 7) is 6.96. The molecule has 1 unspecified atom stereocenters. The molecule has 1 atom stereocenters. The van der Waals surface area contributed by atoms with E-state index in [0.717, 1.165) is 23.5 Å². The summed E-state index contributed by atoms with van der Waals surface area (Å²) in [6.07, 6.45) is 0.637. The van der Waals surface area contributed by atoms with Gasteiger partial charge in [-0.15, -0.1) is 0 Å². The molecule has 0 saturated carbocycles. The van der Waals surface area contributed by atoms with Crippen LogP contribution in [0.5, 0.6) is 0 Å². The molecule has 122 valence electrons. The average Bonchev–Trinajstić information content (AvgIpc) is 2.88. The molecule has 6 heteroatoms. The zero-order valence-electron chi connectivity index (χ0n) is 13.6. The molecule has 2 aromatic rings. The second kappa shape index (κ2) is 6.12. The van der Waals surface area contributed by atoms with E-state index in [1.807, 2.05) is 26.0 Å². The van der Waals surface area contributed by atoms with Gasteiger partial charge in [0.15, 0.2) is 0 Å². The van der Waals surface area contributed by atoms with Gasteiger partial charge in [-0.05, 0) is 57.0 Å². The largest absolute Gasteiger partial charge is 0.322 e. The Morgan fingerprint density at radius 2 is 2.22 bits per heavy atom. The van der Waals surface area contributed by atoms with Crippen molar-refractivity contribution in [1.82, 2.24) is 15.1 Å². The summed E-state index contributed by atoms with van der Waals surface area (Å²) in [6, 6.07) is 4.91. The van der Waals surface area contributed by atoms with E-state index in [4.69, 9.17) is 0 Å². The van der Waals surface area contributed by atoms with E-state index in [2.05, 4.69) is 15.7 Å². The number of nitrogens with zero attached hydrogens (tertiary/aromatic N) is 2. The standard InChI is InChI=1S/C17H21FN4O/c1-10-8-11(2)22(21-10)12(3)17(23)20-15-5-4-13-9-19-7-6-14(13)16(15)18/h4-5,8,12,19H,6-7,9H2,1-3H3,(H,20,23). The Labute approximate surface area is 134 Å². The van der Waals surface area contributed by atoms with Crippen LogP contribution in [-0.2, 0) is 17.8 Å². The van der Waals surface area contributed by atoms with Crippen molar-refractivity contribution >= 4 is 11.6 Å². The lowest BCUT2D eigenvalue weighted by Gasteiger charge is -2.20. The zero-order chi connectivity index (χ0) is 16.6. The van der Waals surface area contributed by atoms with E-state index in [1.165, 1.54) is 0 Å². The maximum Gasteiger partial charge on any atom is 0.249 e. The third-order valence-corrected chi connectivity index (χ3v) is 4.26. The van der Waals surface area contributed by atoms with Gasteiger partial charge in [-0.3, -0.25) is 9.48 Å². The predicted octanol–water partition coefficient (Wildman–Crippen LogP) is 2.48. The molecule has 1 aliphatic heterocycles. The average molecular weight is 316 g/mol. The van der Waals surface area contributed by atoms with Crippen molar-refractivity contribution in [2.75, 3.05) is 11.9 Å². The molecule has 2 N–H and O–H groups in total. The van der Waals surface area contributed by atoms with Crippen LogP contribution < -0.4 is 10.6 Å². The number of carbonyl (C=O) groups is 1. The second-order valence-electron chi connectivity index (χ2n) is 6.03. The zero-order valence-corrected chi connectivity index (χ0v) is 13.6. The summed E-state index contributed by atoms with van der Waals surface area (Å²) >= 11 is 0. The molecule has 0 spiro atoms. The molecule has 0 radical (unpaired) electrons. The summed E-state index contributed by atoms with van der Waals surface area (Å²) < 4.78 is 16.3. The molecule has 2 heterocycles. The fourth-order valence-electron chi connectivity index (χ4n) is 3.02. The number of hydrogen-bond donors (Lipinski definition) is 2. The van der Waals surface area contributed by atoms with Gasteiger partial charge < -0.3 is 10.6 Å². The van der Waals surface area contributed by atoms with Crippen LogP contribution in [0.2, 0.25) is 0 Å². The van der Waals surface area contributed by atoms with Gasteiger partial charge in [0, 0.05) is 12.2 Å². The Balaban J connectivity index is 1.81. The molecule has 23 heavy (non-hydrogen) atoms. The molecular formula is C17H21FN4O. The predicted molar refractivity (Wildman–Crippen MR) is 86.9 cm³/mol. The van der Waals surface area contributed by atoms with Gasteiger partial charge in [0.25, 0.3) is 0 Å². The number of hydrogen-bond acceptors (Lipinski definition) is 3. The van der Waals surface area contributed by atoms with Crippen LogP contribution in [-0.4, -0.2) is 22.2 Å². The van der Waals surface area contributed by atoms with Crippen LogP contribution in [0.1, 0.15) is 35.5 Å². The highest BCUT2D eigenvalue weighted by Gasteiger charge is 2.21. The fraction of sp³-hybridized carbons (Fsp3) is 0.412. The maximum absolute atomic E-state index is 14.6. The summed E-state index contributed by atoms with van der Waals surface area (Å²) in [4.78, 5) is 12.4. The summed E-state index contributed by atoms with van der Waals surface area (Å²) in [5, 5.41) is 10.2. The Kier molecular flexibility index (Phi) is 4.17. The molecule has 3 rings (SSSR count). The van der Waals surface area contributed by atoms with Gasteiger partial charge in [-0.1, -0.05) is 6.07 Å². The van der Waals surface area contributed by atoms with Crippen LogP contribution in [0.15, 0.2) is 18.2 Å². The lowest BCUT2D eigenvalue weighted by molar-refractivity contribution is -0.119. The number of anilines is 1. The van der Waals surface area contributed by atoms with Gasteiger partial charge in [0.05, 0.1) is 11.4 Å². The minimum Gasteiger partial charge on any atom is -0.322 e. The first-order chi connectivity index (χ1) is 11.0. The Morgan fingerprint density at radius 3 is 2.91 bits per heavy atom. The Bertz CT molecular complexity index is 753. The van der Waals surface area contributed by atoms with Crippen LogP contribution in [0.4, 0.5) is 10.1 Å². The van der Waals surface area contributed by atoms with Crippen molar-refractivity contribution in [2.45, 2.75) is 39.8 Å².